The van der Waals surface area contributed by atoms with Crippen molar-refractivity contribution in [2.45, 2.75) is 24.9 Å². The van der Waals surface area contributed by atoms with Crippen LogP contribution in [0.2, 0.25) is 0 Å². The molecule has 0 aromatic heterocycles. The molecule has 3 unspecified atom stereocenters. The van der Waals surface area contributed by atoms with Crippen LogP contribution in [0.1, 0.15) is 6.42 Å². The Bertz CT molecular complexity index is 175. The average molecular weight is 176 g/mol. The van der Waals surface area contributed by atoms with E-state index < -0.39 is 24.5 Å². The number of hydrogen-bond donors (Lipinski definition) is 4. The van der Waals surface area contributed by atoms with E-state index in [4.69, 9.17) is 15.6 Å². The fourth-order valence-electron chi connectivity index (χ4n) is 1.14. The van der Waals surface area contributed by atoms with Crippen LogP contribution < -0.4 is 11.1 Å². The van der Waals surface area contributed by atoms with Crippen molar-refractivity contribution in [1.82, 2.24) is 5.32 Å². The molecule has 0 aromatic carbocycles. The van der Waals surface area contributed by atoms with Crippen LogP contribution in [0.25, 0.3) is 0 Å². The second kappa shape index (κ2) is 3.70. The third kappa shape index (κ3) is 2.07. The van der Waals surface area contributed by atoms with E-state index in [9.17, 15) is 9.90 Å². The molecule has 0 saturated carbocycles. The molecule has 1 saturated heterocycles. The number of nitrogens with one attached hydrogen (secondary N) is 1. The number of aliphatic hydroxyl groups is 2. The molecule has 0 spiro atoms. The molecule has 2 amide bonds. The van der Waals surface area contributed by atoms with Crippen LogP contribution >= 0.6 is 0 Å². The highest BCUT2D eigenvalue weighted by Gasteiger charge is 2.33. The normalized spacial score (nSPS) is 35.0. The summed E-state index contributed by atoms with van der Waals surface area (Å²) in [5.41, 5.74) is 4.83. The smallest absolute Gasteiger partial charge is 0.314 e. The molecular formula is C6H12N2O4. The molecule has 12 heavy (non-hydrogen) atoms. The van der Waals surface area contributed by atoms with Crippen LogP contribution in [-0.4, -0.2) is 41.3 Å². The van der Waals surface area contributed by atoms with E-state index in [-0.39, 0.29) is 13.0 Å². The lowest BCUT2D eigenvalue weighted by Crippen LogP contribution is -2.38. The number of rotatable bonds is 2. The Morgan fingerprint density at radius 3 is 2.83 bits per heavy atom. The van der Waals surface area contributed by atoms with Gasteiger partial charge in [0.1, 0.15) is 12.3 Å². The molecule has 1 heterocycles. The molecule has 1 aliphatic rings. The molecule has 6 nitrogen and oxygen atoms in total. The predicted octanol–water partition coefficient (Wildman–Crippen LogP) is -1.88. The van der Waals surface area contributed by atoms with Crippen molar-refractivity contribution in [3.8, 4) is 0 Å². The zero-order chi connectivity index (χ0) is 9.14. The van der Waals surface area contributed by atoms with Gasteiger partial charge in [-0.2, -0.15) is 0 Å². The maximum absolute atomic E-state index is 10.3. The fourth-order valence-corrected chi connectivity index (χ4v) is 1.14. The molecule has 3 atom stereocenters. The number of carbonyl (C=O) groups excluding carboxylic acids is 1. The minimum Gasteiger partial charge on any atom is -0.394 e. The summed E-state index contributed by atoms with van der Waals surface area (Å²) in [6, 6.07) is -0.703. The molecule has 1 rings (SSSR count). The fraction of sp³-hybridized carbons (Fsp3) is 0.833. The van der Waals surface area contributed by atoms with Crippen LogP contribution in [0.4, 0.5) is 4.79 Å². The van der Waals surface area contributed by atoms with E-state index in [0.717, 1.165) is 0 Å². The van der Waals surface area contributed by atoms with Gasteiger partial charge in [0.25, 0.3) is 0 Å². The highest BCUT2D eigenvalue weighted by Crippen LogP contribution is 2.17. The lowest BCUT2D eigenvalue weighted by molar-refractivity contribution is -0.0270. The van der Waals surface area contributed by atoms with Gasteiger partial charge in [-0.05, 0) is 0 Å². The lowest BCUT2D eigenvalue weighted by Gasteiger charge is -2.11. The number of ether oxygens (including phenoxy) is 1. The summed E-state index contributed by atoms with van der Waals surface area (Å²) < 4.78 is 5.02. The summed E-state index contributed by atoms with van der Waals surface area (Å²) in [5.74, 6) is 0. The summed E-state index contributed by atoms with van der Waals surface area (Å²) in [7, 11) is 0. The maximum atomic E-state index is 10.3. The van der Waals surface area contributed by atoms with Crippen molar-refractivity contribution in [1.29, 1.82) is 0 Å². The van der Waals surface area contributed by atoms with Gasteiger partial charge in [0.2, 0.25) is 0 Å². The summed E-state index contributed by atoms with van der Waals surface area (Å²) in [6.07, 6.45) is -1.70. The molecule has 6 heteroatoms. The van der Waals surface area contributed by atoms with Gasteiger partial charge in [-0.25, -0.2) is 4.79 Å². The van der Waals surface area contributed by atoms with Gasteiger partial charge in [-0.3, -0.25) is 0 Å². The SMILES string of the molecule is NC(=O)NC1CC(O)C(CO)O1. The van der Waals surface area contributed by atoms with Gasteiger partial charge in [0, 0.05) is 6.42 Å². The number of primary amides is 1. The molecule has 1 fully saturated rings. The molecule has 0 aromatic rings. The molecule has 0 aliphatic carbocycles. The van der Waals surface area contributed by atoms with Gasteiger partial charge in [-0.15, -0.1) is 0 Å². The first kappa shape index (κ1) is 9.24. The topological polar surface area (TPSA) is 105 Å². The first-order chi connectivity index (χ1) is 5.63. The number of carbonyl (C=O) groups is 1. The first-order valence-corrected chi connectivity index (χ1v) is 3.64. The Kier molecular flexibility index (Phi) is 2.85. The molecule has 70 valence electrons. The molecule has 1 aliphatic heterocycles. The van der Waals surface area contributed by atoms with E-state index in [1.807, 2.05) is 0 Å². The molecule has 0 radical (unpaired) electrons. The van der Waals surface area contributed by atoms with Gasteiger partial charge in [0.15, 0.2) is 0 Å². The summed E-state index contributed by atoms with van der Waals surface area (Å²) in [4.78, 5) is 10.3. The van der Waals surface area contributed by atoms with Gasteiger partial charge in [0.05, 0.1) is 12.7 Å². The van der Waals surface area contributed by atoms with E-state index in [0.29, 0.717) is 0 Å². The summed E-state index contributed by atoms with van der Waals surface area (Å²) >= 11 is 0. The second-order valence-electron chi connectivity index (χ2n) is 2.66. The molecule has 0 bridgehead atoms. The number of amides is 2. The Hall–Kier alpha value is -0.850. The van der Waals surface area contributed by atoms with Crippen molar-refractivity contribution in [3.05, 3.63) is 0 Å². The van der Waals surface area contributed by atoms with Crippen LogP contribution in [0.15, 0.2) is 0 Å². The van der Waals surface area contributed by atoms with Crippen LogP contribution in [0.3, 0.4) is 0 Å². The van der Waals surface area contributed by atoms with Gasteiger partial charge in [-0.1, -0.05) is 0 Å². The number of aliphatic hydroxyl groups excluding tert-OH is 2. The second-order valence-corrected chi connectivity index (χ2v) is 2.66. The van der Waals surface area contributed by atoms with Crippen LogP contribution in [0, 0.1) is 0 Å². The number of nitrogens with two attached hydrogens (primary N) is 1. The van der Waals surface area contributed by atoms with E-state index in [1.54, 1.807) is 0 Å². The van der Waals surface area contributed by atoms with Crippen molar-refractivity contribution in [3.63, 3.8) is 0 Å². The van der Waals surface area contributed by atoms with Crippen molar-refractivity contribution >= 4 is 6.03 Å². The maximum Gasteiger partial charge on any atom is 0.314 e. The van der Waals surface area contributed by atoms with E-state index >= 15 is 0 Å². The lowest BCUT2D eigenvalue weighted by atomic mass is 10.2. The largest absolute Gasteiger partial charge is 0.394 e. The van der Waals surface area contributed by atoms with Crippen molar-refractivity contribution in [2.24, 2.45) is 5.73 Å². The van der Waals surface area contributed by atoms with Crippen LogP contribution in [-0.2, 0) is 4.74 Å². The Morgan fingerprint density at radius 2 is 2.42 bits per heavy atom. The predicted molar refractivity (Wildman–Crippen MR) is 39.1 cm³/mol. The quantitative estimate of drug-likeness (QED) is 0.395. The standard InChI is InChI=1S/C6H12N2O4/c7-6(11)8-5-1-3(10)4(2-9)12-5/h3-5,9-10H,1-2H2,(H3,7,8,11). The third-order valence-electron chi connectivity index (χ3n) is 1.71. The van der Waals surface area contributed by atoms with Crippen molar-refractivity contribution < 1.29 is 19.7 Å². The summed E-state index contributed by atoms with van der Waals surface area (Å²) in [5, 5.41) is 20.1. The van der Waals surface area contributed by atoms with Gasteiger partial charge < -0.3 is 26.0 Å². The average Bonchev–Trinajstić information content (AvgIpc) is 2.29. The highest BCUT2D eigenvalue weighted by atomic mass is 16.5. The van der Waals surface area contributed by atoms with Crippen molar-refractivity contribution in [2.75, 3.05) is 6.61 Å². The number of urea groups is 1. The molecular weight excluding hydrogens is 164 g/mol. The van der Waals surface area contributed by atoms with E-state index in [1.165, 1.54) is 0 Å². The minimum atomic E-state index is -0.744. The monoisotopic (exact) mass is 176 g/mol. The molecule has 5 N–H and O–H groups in total. The van der Waals surface area contributed by atoms with Gasteiger partial charge >= 0.3 is 6.03 Å². The Balaban J connectivity index is 2.37. The minimum absolute atomic E-state index is 0.258. The van der Waals surface area contributed by atoms with Crippen LogP contribution in [0.5, 0.6) is 0 Å². The zero-order valence-electron chi connectivity index (χ0n) is 6.43. The highest BCUT2D eigenvalue weighted by molar-refractivity contribution is 5.71. The Morgan fingerprint density at radius 1 is 1.75 bits per heavy atom. The summed E-state index contributed by atoms with van der Waals surface area (Å²) in [6.45, 7) is -0.266. The van der Waals surface area contributed by atoms with E-state index in [2.05, 4.69) is 5.32 Å². The Labute approximate surface area is 69.3 Å². The first-order valence-electron chi connectivity index (χ1n) is 3.64. The zero-order valence-corrected chi connectivity index (χ0v) is 6.43. The third-order valence-corrected chi connectivity index (χ3v) is 1.71. The number of hydrogen-bond acceptors (Lipinski definition) is 4.